The molecule has 2 aliphatic heterocycles. The number of benzene rings is 2. The lowest BCUT2D eigenvalue weighted by Gasteiger charge is -2.10. The lowest BCUT2D eigenvalue weighted by Crippen LogP contribution is -2.27. The molecule has 2 aliphatic rings. The molecular weight excluding hydrogens is 298 g/mol. The van der Waals surface area contributed by atoms with Gasteiger partial charge >= 0.3 is 0 Å². The van der Waals surface area contributed by atoms with Gasteiger partial charge in [-0.05, 0) is 13.0 Å². The fourth-order valence-corrected chi connectivity index (χ4v) is 3.57. The largest absolute Gasteiger partial charge is 0.290 e. The summed E-state index contributed by atoms with van der Waals surface area (Å²) in [5.74, 6) is 0.831. The number of nitrogens with zero attached hydrogens (tertiary/aromatic N) is 3. The molecule has 0 aliphatic carbocycles. The summed E-state index contributed by atoms with van der Waals surface area (Å²) in [6, 6.07) is 16.1. The van der Waals surface area contributed by atoms with Gasteiger partial charge in [-0.25, -0.2) is 4.98 Å². The van der Waals surface area contributed by atoms with Crippen LogP contribution in [0.3, 0.4) is 0 Å². The molecular formula is C20H15N3O. The number of aromatic nitrogens is 1. The molecule has 0 N–H and O–H groups in total. The van der Waals surface area contributed by atoms with Crippen molar-refractivity contribution in [2.75, 3.05) is 13.1 Å². The Morgan fingerprint density at radius 3 is 2.62 bits per heavy atom. The van der Waals surface area contributed by atoms with Crippen LogP contribution in [-0.4, -0.2) is 34.7 Å². The van der Waals surface area contributed by atoms with E-state index in [-0.39, 0.29) is 5.91 Å². The van der Waals surface area contributed by atoms with Gasteiger partial charge in [-0.1, -0.05) is 48.0 Å². The predicted molar refractivity (Wildman–Crippen MR) is 94.4 cm³/mol. The molecule has 0 spiro atoms. The van der Waals surface area contributed by atoms with Gasteiger partial charge in [0.25, 0.3) is 5.91 Å². The topological polar surface area (TPSA) is 45.6 Å². The molecule has 3 aromatic rings. The summed E-state index contributed by atoms with van der Waals surface area (Å²) >= 11 is 0. The number of hydrogen-bond donors (Lipinski definition) is 0. The first-order valence-corrected chi connectivity index (χ1v) is 8.10. The average molecular weight is 313 g/mol. The van der Waals surface area contributed by atoms with E-state index in [1.54, 1.807) is 4.90 Å². The predicted octanol–water partition coefficient (Wildman–Crippen LogP) is 3.43. The molecule has 4 nitrogen and oxygen atoms in total. The summed E-state index contributed by atoms with van der Waals surface area (Å²) in [4.78, 5) is 24.2. The van der Waals surface area contributed by atoms with Crippen LogP contribution in [0.15, 0.2) is 53.5 Å². The second-order valence-electron chi connectivity index (χ2n) is 6.26. The number of fused-ring (bicyclic) bond motifs is 5. The van der Waals surface area contributed by atoms with Crippen LogP contribution in [-0.2, 0) is 0 Å². The smallest absolute Gasteiger partial charge is 0.261 e. The molecule has 5 rings (SSSR count). The summed E-state index contributed by atoms with van der Waals surface area (Å²) in [6.45, 7) is 3.39. The van der Waals surface area contributed by atoms with Crippen molar-refractivity contribution >= 4 is 22.6 Å². The quantitative estimate of drug-likeness (QED) is 0.691. The van der Waals surface area contributed by atoms with Crippen molar-refractivity contribution in [2.24, 2.45) is 4.99 Å². The van der Waals surface area contributed by atoms with Crippen LogP contribution in [0.25, 0.3) is 22.2 Å². The number of aryl methyl sites for hydroxylation is 1. The highest BCUT2D eigenvalue weighted by Crippen LogP contribution is 2.37. The van der Waals surface area contributed by atoms with Crippen LogP contribution in [0.2, 0.25) is 0 Å². The fraction of sp³-hybridized carbons (Fsp3) is 0.150. The number of carbonyl (C=O) groups is 1. The molecule has 0 atom stereocenters. The van der Waals surface area contributed by atoms with Gasteiger partial charge in [-0.2, -0.15) is 0 Å². The van der Waals surface area contributed by atoms with E-state index in [9.17, 15) is 4.79 Å². The Labute approximate surface area is 139 Å². The molecule has 24 heavy (non-hydrogen) atoms. The molecule has 1 amide bonds. The van der Waals surface area contributed by atoms with Gasteiger partial charge < -0.3 is 0 Å². The molecule has 0 saturated heterocycles. The zero-order chi connectivity index (χ0) is 16.3. The van der Waals surface area contributed by atoms with Gasteiger partial charge in [0.2, 0.25) is 0 Å². The summed E-state index contributed by atoms with van der Waals surface area (Å²) < 4.78 is 0. The van der Waals surface area contributed by atoms with Crippen molar-refractivity contribution in [3.63, 3.8) is 0 Å². The highest BCUT2D eigenvalue weighted by molar-refractivity contribution is 6.30. The molecule has 2 aromatic carbocycles. The Bertz CT molecular complexity index is 1030. The molecule has 0 unspecified atom stereocenters. The van der Waals surface area contributed by atoms with Crippen molar-refractivity contribution in [1.29, 1.82) is 0 Å². The Morgan fingerprint density at radius 2 is 1.79 bits per heavy atom. The third kappa shape index (κ3) is 1.71. The molecule has 0 fully saturated rings. The molecule has 116 valence electrons. The number of aliphatic imine (C=N–C) groups is 1. The lowest BCUT2D eigenvalue weighted by molar-refractivity contribution is 0.0871. The molecule has 0 radical (unpaired) electrons. The standard InChI is InChI=1S/C20H15N3O/c1-12-6-8-13(9-7-12)18-17-16(14-4-2-3-5-15(14)22-18)20(24)23-11-10-21-19(17)23/h2-9H,10-11H2,1H3. The zero-order valence-corrected chi connectivity index (χ0v) is 13.3. The lowest BCUT2D eigenvalue weighted by atomic mass is 9.97. The van der Waals surface area contributed by atoms with E-state index in [0.717, 1.165) is 39.1 Å². The zero-order valence-electron chi connectivity index (χ0n) is 13.3. The van der Waals surface area contributed by atoms with E-state index in [1.165, 1.54) is 5.56 Å². The SMILES string of the molecule is Cc1ccc(-c2nc3ccccc3c3c2C2=NCCN2C3=O)cc1. The van der Waals surface area contributed by atoms with Crippen molar-refractivity contribution < 1.29 is 4.79 Å². The van der Waals surface area contributed by atoms with Crippen molar-refractivity contribution in [2.45, 2.75) is 6.92 Å². The van der Waals surface area contributed by atoms with Gasteiger partial charge in [0.05, 0.1) is 28.9 Å². The summed E-state index contributed by atoms with van der Waals surface area (Å²) in [5.41, 5.74) is 5.55. The van der Waals surface area contributed by atoms with E-state index < -0.39 is 0 Å². The highest BCUT2D eigenvalue weighted by Gasteiger charge is 2.40. The van der Waals surface area contributed by atoms with Crippen LogP contribution in [0.5, 0.6) is 0 Å². The van der Waals surface area contributed by atoms with Crippen LogP contribution in [0.4, 0.5) is 0 Å². The third-order valence-corrected chi connectivity index (χ3v) is 4.74. The van der Waals surface area contributed by atoms with Crippen LogP contribution < -0.4 is 0 Å². The van der Waals surface area contributed by atoms with Crippen molar-refractivity contribution in [3.05, 3.63) is 65.2 Å². The minimum Gasteiger partial charge on any atom is -0.290 e. The Morgan fingerprint density at radius 1 is 1.00 bits per heavy atom. The van der Waals surface area contributed by atoms with Crippen LogP contribution >= 0.6 is 0 Å². The molecule has 3 heterocycles. The second kappa shape index (κ2) is 4.74. The van der Waals surface area contributed by atoms with Gasteiger partial charge in [0, 0.05) is 17.5 Å². The Balaban J connectivity index is 1.90. The Hall–Kier alpha value is -3.01. The number of rotatable bonds is 1. The maximum Gasteiger partial charge on any atom is 0.261 e. The summed E-state index contributed by atoms with van der Waals surface area (Å²) in [5, 5.41) is 0.908. The normalized spacial score (nSPS) is 15.6. The van der Waals surface area contributed by atoms with E-state index in [0.29, 0.717) is 13.1 Å². The number of pyridine rings is 1. The molecule has 0 saturated carbocycles. The first-order chi connectivity index (χ1) is 11.7. The molecule has 0 bridgehead atoms. The summed E-state index contributed by atoms with van der Waals surface area (Å²) in [7, 11) is 0. The van der Waals surface area contributed by atoms with E-state index in [1.807, 2.05) is 24.3 Å². The van der Waals surface area contributed by atoms with E-state index in [2.05, 4.69) is 36.2 Å². The van der Waals surface area contributed by atoms with Gasteiger partial charge in [0.15, 0.2) is 0 Å². The summed E-state index contributed by atoms with van der Waals surface area (Å²) in [6.07, 6.45) is 0. The number of amides is 1. The fourth-order valence-electron chi connectivity index (χ4n) is 3.57. The van der Waals surface area contributed by atoms with Crippen LogP contribution in [0.1, 0.15) is 21.5 Å². The van der Waals surface area contributed by atoms with Crippen molar-refractivity contribution in [3.8, 4) is 11.3 Å². The Kier molecular flexibility index (Phi) is 2.65. The van der Waals surface area contributed by atoms with E-state index >= 15 is 0 Å². The van der Waals surface area contributed by atoms with Gasteiger partial charge in [-0.15, -0.1) is 0 Å². The van der Waals surface area contributed by atoms with Crippen LogP contribution in [0, 0.1) is 6.92 Å². The molecule has 4 heteroatoms. The third-order valence-electron chi connectivity index (χ3n) is 4.74. The first kappa shape index (κ1) is 13.4. The number of hydrogen-bond acceptors (Lipinski definition) is 3. The first-order valence-electron chi connectivity index (χ1n) is 8.10. The minimum atomic E-state index is 0.0493. The maximum absolute atomic E-state index is 12.9. The maximum atomic E-state index is 12.9. The number of carbonyl (C=O) groups excluding carboxylic acids is 1. The van der Waals surface area contributed by atoms with Gasteiger partial charge in [0.1, 0.15) is 5.84 Å². The average Bonchev–Trinajstić information content (AvgIpc) is 3.18. The van der Waals surface area contributed by atoms with Gasteiger partial charge in [-0.3, -0.25) is 14.7 Å². The monoisotopic (exact) mass is 313 g/mol. The minimum absolute atomic E-state index is 0.0493. The van der Waals surface area contributed by atoms with Crippen molar-refractivity contribution in [1.82, 2.24) is 9.88 Å². The second-order valence-corrected chi connectivity index (χ2v) is 6.26. The highest BCUT2D eigenvalue weighted by atomic mass is 16.2. The van der Waals surface area contributed by atoms with E-state index in [4.69, 9.17) is 4.98 Å². The molecule has 1 aromatic heterocycles. The number of para-hydroxylation sites is 1. The number of amidine groups is 1.